The SMILES string of the molecule is COc1cccc(N=Cc2c(O)n(-c3cccc(C)n3)c(=O)c3ccccc23)c1. The number of aryl methyl sites for hydroxylation is 1. The predicted octanol–water partition coefficient (Wildman–Crippen LogP) is 4.16. The van der Waals surface area contributed by atoms with Crippen molar-refractivity contribution in [3.8, 4) is 17.4 Å². The minimum atomic E-state index is -0.338. The van der Waals surface area contributed by atoms with Crippen LogP contribution in [0.4, 0.5) is 5.69 Å². The van der Waals surface area contributed by atoms with E-state index in [1.165, 1.54) is 4.57 Å². The fraction of sp³-hybridized carbons (Fsp3) is 0.0870. The fourth-order valence-electron chi connectivity index (χ4n) is 3.18. The molecule has 4 aromatic rings. The van der Waals surface area contributed by atoms with Gasteiger partial charge in [-0.3, -0.25) is 9.79 Å². The molecule has 0 spiro atoms. The van der Waals surface area contributed by atoms with Crippen LogP contribution in [0.5, 0.6) is 11.6 Å². The summed E-state index contributed by atoms with van der Waals surface area (Å²) in [6, 6.07) is 19.7. The van der Waals surface area contributed by atoms with E-state index in [2.05, 4.69) is 9.98 Å². The Hall–Kier alpha value is -3.93. The van der Waals surface area contributed by atoms with E-state index >= 15 is 0 Å². The molecule has 4 rings (SSSR count). The number of hydrogen-bond donors (Lipinski definition) is 1. The first-order valence-corrected chi connectivity index (χ1v) is 9.07. The van der Waals surface area contributed by atoms with Crippen LogP contribution >= 0.6 is 0 Å². The number of aromatic hydroxyl groups is 1. The van der Waals surface area contributed by atoms with Gasteiger partial charge in [0.25, 0.3) is 5.56 Å². The van der Waals surface area contributed by atoms with E-state index in [1.54, 1.807) is 49.7 Å². The van der Waals surface area contributed by atoms with E-state index < -0.39 is 0 Å². The molecule has 2 aromatic heterocycles. The Morgan fingerprint density at radius 3 is 2.55 bits per heavy atom. The summed E-state index contributed by atoms with van der Waals surface area (Å²) in [7, 11) is 1.59. The average Bonchev–Trinajstić information content (AvgIpc) is 2.74. The van der Waals surface area contributed by atoms with Crippen molar-refractivity contribution < 1.29 is 9.84 Å². The Bertz CT molecular complexity index is 1290. The zero-order valence-electron chi connectivity index (χ0n) is 16.0. The third kappa shape index (κ3) is 3.48. The molecule has 0 saturated carbocycles. The number of fused-ring (bicyclic) bond motifs is 1. The van der Waals surface area contributed by atoms with Crippen LogP contribution in [0, 0.1) is 6.92 Å². The minimum Gasteiger partial charge on any atom is -0.497 e. The second-order valence-corrected chi connectivity index (χ2v) is 6.52. The van der Waals surface area contributed by atoms with E-state index in [9.17, 15) is 9.90 Å². The quantitative estimate of drug-likeness (QED) is 0.535. The average molecular weight is 385 g/mol. The van der Waals surface area contributed by atoms with Gasteiger partial charge in [-0.05, 0) is 37.3 Å². The first-order chi connectivity index (χ1) is 14.1. The zero-order chi connectivity index (χ0) is 20.4. The number of methoxy groups -OCH3 is 1. The lowest BCUT2D eigenvalue weighted by Crippen LogP contribution is -2.21. The number of hydrogen-bond acceptors (Lipinski definition) is 5. The van der Waals surface area contributed by atoms with Gasteiger partial charge in [-0.15, -0.1) is 0 Å². The van der Waals surface area contributed by atoms with Crippen molar-refractivity contribution in [2.24, 2.45) is 4.99 Å². The van der Waals surface area contributed by atoms with Crippen molar-refractivity contribution in [1.82, 2.24) is 9.55 Å². The highest BCUT2D eigenvalue weighted by Crippen LogP contribution is 2.27. The van der Waals surface area contributed by atoms with Gasteiger partial charge < -0.3 is 9.84 Å². The first-order valence-electron chi connectivity index (χ1n) is 9.07. The first kappa shape index (κ1) is 18.4. The second-order valence-electron chi connectivity index (χ2n) is 6.52. The van der Waals surface area contributed by atoms with Gasteiger partial charge in [0.1, 0.15) is 11.6 Å². The Morgan fingerprint density at radius 2 is 1.79 bits per heavy atom. The van der Waals surface area contributed by atoms with Gasteiger partial charge in [-0.25, -0.2) is 9.55 Å². The zero-order valence-corrected chi connectivity index (χ0v) is 16.0. The molecule has 6 nitrogen and oxygen atoms in total. The standard InChI is InChI=1S/C23H19N3O3/c1-15-7-5-12-21(25-15)26-22(27)19-11-4-3-10-18(19)20(23(26)28)14-24-16-8-6-9-17(13-16)29-2/h3-14,28H,1-2H3. The summed E-state index contributed by atoms with van der Waals surface area (Å²) in [6.07, 6.45) is 1.55. The molecule has 1 N–H and O–H groups in total. The van der Waals surface area contributed by atoms with Crippen molar-refractivity contribution in [1.29, 1.82) is 0 Å². The molecule has 0 aliphatic rings. The van der Waals surface area contributed by atoms with Gasteiger partial charge in [-0.1, -0.05) is 30.3 Å². The number of nitrogens with zero attached hydrogens (tertiary/aromatic N) is 3. The molecule has 144 valence electrons. The summed E-state index contributed by atoms with van der Waals surface area (Å²) in [5.41, 5.74) is 1.51. The highest BCUT2D eigenvalue weighted by molar-refractivity contribution is 6.02. The monoisotopic (exact) mass is 385 g/mol. The molecule has 0 radical (unpaired) electrons. The van der Waals surface area contributed by atoms with Crippen LogP contribution in [0.25, 0.3) is 16.6 Å². The number of aromatic nitrogens is 2. The Morgan fingerprint density at radius 1 is 1.03 bits per heavy atom. The van der Waals surface area contributed by atoms with E-state index in [-0.39, 0.29) is 11.4 Å². The lowest BCUT2D eigenvalue weighted by Gasteiger charge is -2.13. The Kier molecular flexibility index (Phi) is 4.83. The molecular formula is C23H19N3O3. The summed E-state index contributed by atoms with van der Waals surface area (Å²) in [5, 5.41) is 12.1. The van der Waals surface area contributed by atoms with Crippen molar-refractivity contribution in [3.63, 3.8) is 0 Å². The van der Waals surface area contributed by atoms with Gasteiger partial charge >= 0.3 is 0 Å². The lowest BCUT2D eigenvalue weighted by atomic mass is 10.1. The highest BCUT2D eigenvalue weighted by atomic mass is 16.5. The summed E-state index contributed by atoms with van der Waals surface area (Å²) in [4.78, 5) is 21.9. The van der Waals surface area contributed by atoms with Crippen LogP contribution in [-0.2, 0) is 0 Å². The Balaban J connectivity index is 1.95. The van der Waals surface area contributed by atoms with Crippen LogP contribution in [0.15, 0.2) is 76.5 Å². The van der Waals surface area contributed by atoms with E-state index in [4.69, 9.17) is 4.74 Å². The summed E-state index contributed by atoms with van der Waals surface area (Å²) < 4.78 is 6.44. The number of aliphatic imine (C=N–C) groups is 1. The van der Waals surface area contributed by atoms with E-state index in [1.807, 2.05) is 37.3 Å². The number of rotatable bonds is 4. The maximum Gasteiger partial charge on any atom is 0.267 e. The molecular weight excluding hydrogens is 366 g/mol. The van der Waals surface area contributed by atoms with Gasteiger partial charge in [0, 0.05) is 28.7 Å². The molecule has 29 heavy (non-hydrogen) atoms. The van der Waals surface area contributed by atoms with Crippen molar-refractivity contribution in [2.45, 2.75) is 6.92 Å². The van der Waals surface area contributed by atoms with Crippen LogP contribution in [0.3, 0.4) is 0 Å². The van der Waals surface area contributed by atoms with Crippen molar-refractivity contribution in [3.05, 3.63) is 88.3 Å². The number of benzene rings is 2. The maximum atomic E-state index is 13.1. The topological polar surface area (TPSA) is 76.7 Å². The molecule has 0 aliphatic carbocycles. The third-order valence-corrected chi connectivity index (χ3v) is 4.60. The van der Waals surface area contributed by atoms with E-state index in [0.29, 0.717) is 33.6 Å². The smallest absolute Gasteiger partial charge is 0.267 e. The van der Waals surface area contributed by atoms with Crippen LogP contribution in [0.1, 0.15) is 11.3 Å². The van der Waals surface area contributed by atoms with Gasteiger partial charge in [0.15, 0.2) is 0 Å². The van der Waals surface area contributed by atoms with Crippen LogP contribution < -0.4 is 10.3 Å². The van der Waals surface area contributed by atoms with Crippen LogP contribution in [-0.4, -0.2) is 28.0 Å². The Labute approximate surface area is 167 Å². The fourth-order valence-corrected chi connectivity index (χ4v) is 3.18. The molecule has 6 heteroatoms. The van der Waals surface area contributed by atoms with Crippen LogP contribution in [0.2, 0.25) is 0 Å². The molecule has 0 aliphatic heterocycles. The van der Waals surface area contributed by atoms with Gasteiger partial charge in [-0.2, -0.15) is 0 Å². The molecule has 2 heterocycles. The molecule has 0 atom stereocenters. The number of pyridine rings is 2. The molecule has 0 amide bonds. The maximum absolute atomic E-state index is 13.1. The van der Waals surface area contributed by atoms with Crippen molar-refractivity contribution in [2.75, 3.05) is 7.11 Å². The predicted molar refractivity (Wildman–Crippen MR) is 114 cm³/mol. The summed E-state index contributed by atoms with van der Waals surface area (Å²) >= 11 is 0. The number of ether oxygens (including phenoxy) is 1. The molecule has 0 unspecified atom stereocenters. The molecule has 0 fully saturated rings. The molecule has 2 aromatic carbocycles. The van der Waals surface area contributed by atoms with Gasteiger partial charge in [0.2, 0.25) is 5.88 Å². The van der Waals surface area contributed by atoms with E-state index in [0.717, 1.165) is 5.69 Å². The third-order valence-electron chi connectivity index (χ3n) is 4.60. The largest absolute Gasteiger partial charge is 0.497 e. The lowest BCUT2D eigenvalue weighted by molar-refractivity contribution is 0.415. The second kappa shape index (κ2) is 7.59. The minimum absolute atomic E-state index is 0.210. The highest BCUT2D eigenvalue weighted by Gasteiger charge is 2.17. The summed E-state index contributed by atoms with van der Waals surface area (Å²) in [6.45, 7) is 1.83. The molecule has 0 saturated heterocycles. The summed E-state index contributed by atoms with van der Waals surface area (Å²) in [5.74, 6) is 0.829. The normalized spacial score (nSPS) is 11.2. The van der Waals surface area contributed by atoms with Crippen molar-refractivity contribution >= 4 is 22.7 Å². The van der Waals surface area contributed by atoms with Gasteiger partial charge in [0.05, 0.1) is 18.4 Å². The molecule has 0 bridgehead atoms.